The number of pyridine rings is 1. The molecule has 0 radical (unpaired) electrons. The van der Waals surface area contributed by atoms with Gasteiger partial charge in [0, 0.05) is 24.4 Å². The molecule has 1 aromatic carbocycles. The lowest BCUT2D eigenvalue weighted by molar-refractivity contribution is -0.172. The van der Waals surface area contributed by atoms with Crippen LogP contribution < -0.4 is 4.74 Å². The summed E-state index contributed by atoms with van der Waals surface area (Å²) in [7, 11) is 1.51. The number of hydroxylamine groups is 2. The molecule has 1 saturated heterocycles. The monoisotopic (exact) mass is 300 g/mol. The van der Waals surface area contributed by atoms with E-state index in [1.807, 2.05) is 0 Å². The van der Waals surface area contributed by atoms with Crippen LogP contribution >= 0.6 is 0 Å². The average Bonchev–Trinajstić information content (AvgIpc) is 2.85. The molecule has 0 saturated carbocycles. The smallest absolute Gasteiger partial charge is 0.364 e. The maximum atomic E-state index is 12.3. The molecule has 7 heteroatoms. The molecular weight excluding hydrogens is 288 g/mol. The summed E-state index contributed by atoms with van der Waals surface area (Å²) >= 11 is 0. The van der Waals surface area contributed by atoms with Crippen LogP contribution in [0.3, 0.4) is 0 Å². The van der Waals surface area contributed by atoms with Crippen molar-refractivity contribution in [2.24, 2.45) is 0 Å². The predicted octanol–water partition coefficient (Wildman–Crippen LogP) is 1.46. The number of hydrogen-bond donors (Lipinski definition) is 0. The minimum atomic E-state index is -0.788. The van der Waals surface area contributed by atoms with Gasteiger partial charge >= 0.3 is 5.97 Å². The zero-order valence-electron chi connectivity index (χ0n) is 11.7. The highest BCUT2D eigenvalue weighted by Gasteiger charge is 2.33. The third kappa shape index (κ3) is 2.37. The number of methoxy groups -OCH3 is 1. The summed E-state index contributed by atoms with van der Waals surface area (Å²) < 4.78 is 5.13. The van der Waals surface area contributed by atoms with Crippen molar-refractivity contribution in [1.29, 1.82) is 0 Å². The SMILES string of the molecule is COc1ccc2nccc(C(=O)ON3C(=O)CCC3=O)c2c1. The second-order valence-electron chi connectivity index (χ2n) is 4.70. The Hall–Kier alpha value is -2.96. The van der Waals surface area contributed by atoms with Crippen molar-refractivity contribution in [3.8, 4) is 5.75 Å². The largest absolute Gasteiger partial charge is 0.497 e. The van der Waals surface area contributed by atoms with Crippen molar-refractivity contribution in [1.82, 2.24) is 10.0 Å². The molecular formula is C15H12N2O5. The molecule has 112 valence electrons. The Morgan fingerprint density at radius 3 is 2.59 bits per heavy atom. The lowest BCUT2D eigenvalue weighted by atomic mass is 10.1. The third-order valence-corrected chi connectivity index (χ3v) is 3.35. The van der Waals surface area contributed by atoms with Gasteiger partial charge in [0.25, 0.3) is 11.8 Å². The van der Waals surface area contributed by atoms with Gasteiger partial charge in [-0.3, -0.25) is 14.6 Å². The second kappa shape index (κ2) is 5.44. The van der Waals surface area contributed by atoms with Crippen LogP contribution in [0.15, 0.2) is 30.5 Å². The number of carbonyl (C=O) groups excluding carboxylic acids is 3. The van der Waals surface area contributed by atoms with Crippen LogP contribution in [0.1, 0.15) is 23.2 Å². The van der Waals surface area contributed by atoms with Crippen molar-refractivity contribution in [2.75, 3.05) is 7.11 Å². The van der Waals surface area contributed by atoms with E-state index in [9.17, 15) is 14.4 Å². The fourth-order valence-electron chi connectivity index (χ4n) is 2.22. The fourth-order valence-corrected chi connectivity index (χ4v) is 2.22. The molecule has 0 aliphatic carbocycles. The van der Waals surface area contributed by atoms with Crippen molar-refractivity contribution < 1.29 is 24.0 Å². The van der Waals surface area contributed by atoms with Crippen molar-refractivity contribution >= 4 is 28.7 Å². The van der Waals surface area contributed by atoms with E-state index < -0.39 is 17.8 Å². The van der Waals surface area contributed by atoms with Crippen LogP contribution in [-0.4, -0.2) is 34.9 Å². The van der Waals surface area contributed by atoms with Gasteiger partial charge in [0.1, 0.15) is 5.75 Å². The number of hydrogen-bond acceptors (Lipinski definition) is 6. The average molecular weight is 300 g/mol. The molecule has 3 rings (SSSR count). The van der Waals surface area contributed by atoms with Gasteiger partial charge in [0.2, 0.25) is 0 Å². The zero-order chi connectivity index (χ0) is 15.7. The minimum Gasteiger partial charge on any atom is -0.497 e. The number of amides is 2. The Balaban J connectivity index is 1.96. The van der Waals surface area contributed by atoms with Crippen LogP contribution in [0.25, 0.3) is 10.9 Å². The number of aromatic nitrogens is 1. The summed E-state index contributed by atoms with van der Waals surface area (Å²) in [5.41, 5.74) is 0.783. The maximum Gasteiger partial charge on any atom is 0.364 e. The van der Waals surface area contributed by atoms with E-state index in [-0.39, 0.29) is 18.4 Å². The normalized spacial score (nSPS) is 14.5. The molecule has 2 heterocycles. The van der Waals surface area contributed by atoms with Crippen molar-refractivity contribution in [3.63, 3.8) is 0 Å². The first-order valence-electron chi connectivity index (χ1n) is 6.61. The van der Waals surface area contributed by atoms with Gasteiger partial charge in [-0.05, 0) is 24.3 Å². The van der Waals surface area contributed by atoms with Gasteiger partial charge in [-0.1, -0.05) is 0 Å². The Kier molecular flexibility index (Phi) is 3.46. The first kappa shape index (κ1) is 14.0. The summed E-state index contributed by atoms with van der Waals surface area (Å²) in [6.07, 6.45) is 1.56. The van der Waals surface area contributed by atoms with Crippen LogP contribution in [-0.2, 0) is 14.4 Å². The lowest BCUT2D eigenvalue weighted by Gasteiger charge is -2.13. The second-order valence-corrected chi connectivity index (χ2v) is 4.70. The van der Waals surface area contributed by atoms with Crippen molar-refractivity contribution in [2.45, 2.75) is 12.8 Å². The van der Waals surface area contributed by atoms with Gasteiger partial charge < -0.3 is 9.57 Å². The van der Waals surface area contributed by atoms with E-state index in [4.69, 9.17) is 9.57 Å². The number of rotatable bonds is 3. The van der Waals surface area contributed by atoms with E-state index in [0.29, 0.717) is 21.7 Å². The van der Waals surface area contributed by atoms with E-state index in [1.165, 1.54) is 19.4 Å². The summed E-state index contributed by atoms with van der Waals surface area (Å²) in [4.78, 5) is 44.4. The molecule has 1 fully saturated rings. The molecule has 1 aromatic heterocycles. The molecule has 0 atom stereocenters. The molecule has 0 unspecified atom stereocenters. The molecule has 0 bridgehead atoms. The summed E-state index contributed by atoms with van der Waals surface area (Å²) in [6.45, 7) is 0. The van der Waals surface area contributed by atoms with Gasteiger partial charge in [-0.2, -0.15) is 0 Å². The highest BCUT2D eigenvalue weighted by molar-refractivity contribution is 6.06. The lowest BCUT2D eigenvalue weighted by Crippen LogP contribution is -2.32. The van der Waals surface area contributed by atoms with Gasteiger partial charge in [-0.25, -0.2) is 4.79 Å². The molecule has 22 heavy (non-hydrogen) atoms. The van der Waals surface area contributed by atoms with Crippen LogP contribution in [0.4, 0.5) is 0 Å². The highest BCUT2D eigenvalue weighted by atomic mass is 16.7. The molecule has 1 aliphatic rings. The van der Waals surface area contributed by atoms with Crippen LogP contribution in [0, 0.1) is 0 Å². The zero-order valence-corrected chi connectivity index (χ0v) is 11.7. The highest BCUT2D eigenvalue weighted by Crippen LogP contribution is 2.24. The molecule has 2 amide bonds. The number of carbonyl (C=O) groups is 3. The van der Waals surface area contributed by atoms with E-state index >= 15 is 0 Å². The van der Waals surface area contributed by atoms with Crippen LogP contribution in [0.5, 0.6) is 5.75 Å². The number of fused-ring (bicyclic) bond motifs is 1. The summed E-state index contributed by atoms with van der Waals surface area (Å²) in [6, 6.07) is 6.54. The third-order valence-electron chi connectivity index (χ3n) is 3.35. The number of imide groups is 1. The predicted molar refractivity (Wildman–Crippen MR) is 74.8 cm³/mol. The number of nitrogens with zero attached hydrogens (tertiary/aromatic N) is 2. The molecule has 1 aliphatic heterocycles. The Labute approximate surface area is 125 Å². The van der Waals surface area contributed by atoms with Gasteiger partial charge in [0.15, 0.2) is 0 Å². The summed E-state index contributed by atoms with van der Waals surface area (Å²) in [5.74, 6) is -1.27. The Morgan fingerprint density at radius 2 is 1.91 bits per heavy atom. The van der Waals surface area contributed by atoms with E-state index in [2.05, 4.69) is 4.98 Å². The van der Waals surface area contributed by atoms with Crippen molar-refractivity contribution in [3.05, 3.63) is 36.0 Å². The van der Waals surface area contributed by atoms with Crippen LogP contribution in [0.2, 0.25) is 0 Å². The quantitative estimate of drug-likeness (QED) is 0.798. The molecule has 0 spiro atoms. The number of ether oxygens (including phenoxy) is 1. The fraction of sp³-hybridized carbons (Fsp3) is 0.200. The summed E-state index contributed by atoms with van der Waals surface area (Å²) in [5, 5.41) is 1.04. The number of benzene rings is 1. The molecule has 7 nitrogen and oxygen atoms in total. The first-order chi connectivity index (χ1) is 10.6. The minimum absolute atomic E-state index is 0.0526. The molecule has 2 aromatic rings. The molecule has 0 N–H and O–H groups in total. The Morgan fingerprint density at radius 1 is 1.18 bits per heavy atom. The van der Waals surface area contributed by atoms with E-state index in [0.717, 1.165) is 0 Å². The maximum absolute atomic E-state index is 12.3. The van der Waals surface area contributed by atoms with Gasteiger partial charge in [-0.15, -0.1) is 5.06 Å². The van der Waals surface area contributed by atoms with Gasteiger partial charge in [0.05, 0.1) is 18.2 Å². The first-order valence-corrected chi connectivity index (χ1v) is 6.61. The standard InChI is InChI=1S/C15H12N2O5/c1-21-9-2-3-12-11(8-9)10(6-7-16-12)15(20)22-17-13(18)4-5-14(17)19/h2-3,6-8H,4-5H2,1H3. The topological polar surface area (TPSA) is 85.8 Å². The Bertz CT molecular complexity index is 771. The van der Waals surface area contributed by atoms with E-state index in [1.54, 1.807) is 18.2 Å².